The number of benzene rings is 2. The Kier molecular flexibility index (Phi) is 2.91. The molecule has 3 aromatic rings. The zero-order valence-corrected chi connectivity index (χ0v) is 10.7. The molecule has 4 heteroatoms. The number of nitrogens with one attached hydrogen (secondary N) is 1. The van der Waals surface area contributed by atoms with Crippen molar-refractivity contribution in [3.63, 3.8) is 0 Å². The number of nitrogen functional groups attached to an aromatic ring is 1. The summed E-state index contributed by atoms with van der Waals surface area (Å²) in [6.07, 6.45) is 1.75. The van der Waals surface area contributed by atoms with Crippen molar-refractivity contribution < 1.29 is 9.90 Å². The Morgan fingerprint density at radius 1 is 1.05 bits per heavy atom. The molecule has 0 radical (unpaired) electrons. The van der Waals surface area contributed by atoms with Crippen LogP contribution >= 0.6 is 0 Å². The van der Waals surface area contributed by atoms with Crippen LogP contribution in [0.3, 0.4) is 0 Å². The molecule has 1 atom stereocenters. The standard InChI is InChI=1S/C16H14N2O2/c17-13-7-3-1-6-11(13)15(16(19)20)12-9-18-14-8-4-2-5-10(12)14/h1-9,15,18H,17H2,(H,19,20). The fourth-order valence-corrected chi connectivity index (χ4v) is 2.54. The summed E-state index contributed by atoms with van der Waals surface area (Å²) in [6.45, 7) is 0. The summed E-state index contributed by atoms with van der Waals surface area (Å²) < 4.78 is 0. The Hall–Kier alpha value is -2.75. The molecule has 1 aromatic heterocycles. The first-order valence-electron chi connectivity index (χ1n) is 6.31. The van der Waals surface area contributed by atoms with Gasteiger partial charge in [-0.25, -0.2) is 0 Å². The van der Waals surface area contributed by atoms with Gasteiger partial charge in [-0.2, -0.15) is 0 Å². The zero-order valence-electron chi connectivity index (χ0n) is 10.7. The van der Waals surface area contributed by atoms with Gasteiger partial charge in [-0.3, -0.25) is 4.79 Å². The van der Waals surface area contributed by atoms with Crippen LogP contribution in [-0.2, 0) is 4.79 Å². The van der Waals surface area contributed by atoms with Gasteiger partial charge in [0.15, 0.2) is 0 Å². The summed E-state index contributed by atoms with van der Waals surface area (Å²) in [5, 5.41) is 10.5. The monoisotopic (exact) mass is 266 g/mol. The van der Waals surface area contributed by atoms with Crippen LogP contribution in [0.2, 0.25) is 0 Å². The van der Waals surface area contributed by atoms with Crippen LogP contribution in [0.1, 0.15) is 17.0 Å². The minimum absolute atomic E-state index is 0.491. The first-order valence-corrected chi connectivity index (χ1v) is 6.31. The second-order valence-corrected chi connectivity index (χ2v) is 4.69. The first-order chi connectivity index (χ1) is 9.68. The second-order valence-electron chi connectivity index (χ2n) is 4.69. The lowest BCUT2D eigenvalue weighted by atomic mass is 9.90. The Balaban J connectivity index is 2.22. The molecule has 3 rings (SSSR count). The number of aliphatic carboxylic acids is 1. The number of aromatic nitrogens is 1. The van der Waals surface area contributed by atoms with Crippen molar-refractivity contribution in [1.29, 1.82) is 0 Å². The number of hydrogen-bond acceptors (Lipinski definition) is 2. The van der Waals surface area contributed by atoms with Crippen molar-refractivity contribution in [3.8, 4) is 0 Å². The van der Waals surface area contributed by atoms with Crippen molar-refractivity contribution in [3.05, 3.63) is 65.9 Å². The summed E-state index contributed by atoms with van der Waals surface area (Å²) in [5.41, 5.74) is 8.69. The van der Waals surface area contributed by atoms with E-state index < -0.39 is 11.9 Å². The van der Waals surface area contributed by atoms with E-state index in [1.165, 1.54) is 0 Å². The molecule has 0 amide bonds. The van der Waals surface area contributed by atoms with E-state index in [4.69, 9.17) is 5.73 Å². The Morgan fingerprint density at radius 3 is 2.50 bits per heavy atom. The van der Waals surface area contributed by atoms with Gasteiger partial charge in [0.2, 0.25) is 0 Å². The number of fused-ring (bicyclic) bond motifs is 1. The van der Waals surface area contributed by atoms with Crippen LogP contribution in [0.25, 0.3) is 10.9 Å². The first kappa shape index (κ1) is 12.3. The van der Waals surface area contributed by atoms with Gasteiger partial charge in [0.25, 0.3) is 0 Å². The molecule has 0 bridgehead atoms. The number of carboxylic acids is 1. The average Bonchev–Trinajstić information content (AvgIpc) is 2.85. The number of anilines is 1. The highest BCUT2D eigenvalue weighted by Crippen LogP contribution is 2.33. The molecule has 0 aliphatic heterocycles. The van der Waals surface area contributed by atoms with Gasteiger partial charge in [-0.15, -0.1) is 0 Å². The largest absolute Gasteiger partial charge is 0.481 e. The molecule has 0 aliphatic carbocycles. The Morgan fingerprint density at radius 2 is 1.75 bits per heavy atom. The summed E-state index contributed by atoms with van der Waals surface area (Å²) in [7, 11) is 0. The Bertz CT molecular complexity index is 777. The minimum atomic E-state index is -0.910. The van der Waals surface area contributed by atoms with Gasteiger partial charge >= 0.3 is 5.97 Å². The molecular weight excluding hydrogens is 252 g/mol. The summed E-state index contributed by atoms with van der Waals surface area (Å²) in [4.78, 5) is 14.8. The maximum atomic E-state index is 11.7. The molecule has 0 saturated heterocycles. The number of aromatic amines is 1. The van der Waals surface area contributed by atoms with E-state index in [2.05, 4.69) is 4.98 Å². The third-order valence-corrected chi connectivity index (χ3v) is 3.49. The highest BCUT2D eigenvalue weighted by molar-refractivity contribution is 5.92. The van der Waals surface area contributed by atoms with Crippen molar-refractivity contribution in [2.75, 3.05) is 5.73 Å². The molecule has 20 heavy (non-hydrogen) atoms. The number of rotatable bonds is 3. The highest BCUT2D eigenvalue weighted by atomic mass is 16.4. The lowest BCUT2D eigenvalue weighted by Crippen LogP contribution is -2.14. The fraction of sp³-hybridized carbons (Fsp3) is 0.0625. The van der Waals surface area contributed by atoms with Gasteiger partial charge in [-0.1, -0.05) is 36.4 Å². The minimum Gasteiger partial charge on any atom is -0.481 e. The predicted octanol–water partition coefficient (Wildman–Crippen LogP) is 2.97. The van der Waals surface area contributed by atoms with Crippen LogP contribution in [-0.4, -0.2) is 16.1 Å². The zero-order chi connectivity index (χ0) is 14.1. The molecule has 0 fully saturated rings. The maximum Gasteiger partial charge on any atom is 0.315 e. The molecule has 0 saturated carbocycles. The van der Waals surface area contributed by atoms with E-state index in [0.29, 0.717) is 11.3 Å². The van der Waals surface area contributed by atoms with E-state index in [-0.39, 0.29) is 0 Å². The maximum absolute atomic E-state index is 11.7. The van der Waals surface area contributed by atoms with Gasteiger partial charge in [0.1, 0.15) is 5.92 Å². The van der Waals surface area contributed by atoms with Crippen LogP contribution in [0.5, 0.6) is 0 Å². The molecular formula is C16H14N2O2. The fourth-order valence-electron chi connectivity index (χ4n) is 2.54. The highest BCUT2D eigenvalue weighted by Gasteiger charge is 2.26. The average molecular weight is 266 g/mol. The van der Waals surface area contributed by atoms with E-state index in [0.717, 1.165) is 16.5 Å². The number of H-pyrrole nitrogens is 1. The van der Waals surface area contributed by atoms with Crippen LogP contribution in [0, 0.1) is 0 Å². The summed E-state index contributed by atoms with van der Waals surface area (Å²) in [6, 6.07) is 14.7. The molecule has 0 aliphatic rings. The molecule has 0 spiro atoms. The van der Waals surface area contributed by atoms with Crippen molar-refractivity contribution in [2.24, 2.45) is 0 Å². The molecule has 4 nitrogen and oxygen atoms in total. The Labute approximate surface area is 115 Å². The van der Waals surface area contributed by atoms with Crippen molar-refractivity contribution >= 4 is 22.6 Å². The molecule has 2 aromatic carbocycles. The quantitative estimate of drug-likeness (QED) is 0.638. The second kappa shape index (κ2) is 4.74. The topological polar surface area (TPSA) is 79.1 Å². The molecule has 4 N–H and O–H groups in total. The van der Waals surface area contributed by atoms with Crippen LogP contribution in [0.15, 0.2) is 54.7 Å². The predicted molar refractivity (Wildman–Crippen MR) is 78.6 cm³/mol. The summed E-state index contributed by atoms with van der Waals surface area (Å²) in [5.74, 6) is -1.68. The lowest BCUT2D eigenvalue weighted by molar-refractivity contribution is -0.137. The number of nitrogens with two attached hydrogens (primary N) is 1. The van der Waals surface area contributed by atoms with E-state index in [1.807, 2.05) is 24.3 Å². The van der Waals surface area contributed by atoms with Gasteiger partial charge in [-0.05, 0) is 23.3 Å². The smallest absolute Gasteiger partial charge is 0.315 e. The molecule has 1 heterocycles. The van der Waals surface area contributed by atoms with E-state index in [9.17, 15) is 9.90 Å². The number of carbonyl (C=O) groups is 1. The lowest BCUT2D eigenvalue weighted by Gasteiger charge is -2.14. The van der Waals surface area contributed by atoms with Gasteiger partial charge in [0.05, 0.1) is 0 Å². The van der Waals surface area contributed by atoms with Gasteiger partial charge in [0, 0.05) is 22.8 Å². The molecule has 100 valence electrons. The van der Waals surface area contributed by atoms with Crippen LogP contribution < -0.4 is 5.73 Å². The van der Waals surface area contributed by atoms with E-state index >= 15 is 0 Å². The van der Waals surface area contributed by atoms with Crippen molar-refractivity contribution in [1.82, 2.24) is 4.98 Å². The summed E-state index contributed by atoms with van der Waals surface area (Å²) >= 11 is 0. The van der Waals surface area contributed by atoms with Gasteiger partial charge < -0.3 is 15.8 Å². The van der Waals surface area contributed by atoms with E-state index in [1.54, 1.807) is 30.5 Å². The number of carboxylic acid groups (broad SMARTS) is 1. The number of para-hydroxylation sites is 2. The molecule has 1 unspecified atom stereocenters. The normalized spacial score (nSPS) is 12.4. The third-order valence-electron chi connectivity index (χ3n) is 3.49. The third kappa shape index (κ3) is 1.91. The SMILES string of the molecule is Nc1ccccc1C(C(=O)O)c1c[nH]c2ccccc12. The van der Waals surface area contributed by atoms with Crippen LogP contribution in [0.4, 0.5) is 5.69 Å². The number of hydrogen-bond donors (Lipinski definition) is 3. The van der Waals surface area contributed by atoms with Crippen molar-refractivity contribution in [2.45, 2.75) is 5.92 Å².